The molecule has 0 spiro atoms. The lowest BCUT2D eigenvalue weighted by Gasteiger charge is -2.29. The van der Waals surface area contributed by atoms with Gasteiger partial charge in [-0.1, -0.05) is 11.3 Å². The molecule has 0 saturated carbocycles. The number of hydrogen-bond donors (Lipinski definition) is 3. The third-order valence-electron chi connectivity index (χ3n) is 4.95. The first-order chi connectivity index (χ1) is 14.3. The Balaban J connectivity index is 1.49. The van der Waals surface area contributed by atoms with Crippen LogP contribution in [0.15, 0.2) is 24.4 Å². The van der Waals surface area contributed by atoms with Crippen LogP contribution in [0.2, 0.25) is 0 Å². The van der Waals surface area contributed by atoms with Crippen LogP contribution in [0.4, 0.5) is 5.69 Å². The minimum absolute atomic E-state index is 0.0612. The summed E-state index contributed by atoms with van der Waals surface area (Å²) in [6.07, 6.45) is 1.66. The van der Waals surface area contributed by atoms with Gasteiger partial charge in [-0.2, -0.15) is 0 Å². The van der Waals surface area contributed by atoms with Crippen molar-refractivity contribution in [1.82, 2.24) is 25.2 Å². The second kappa shape index (κ2) is 7.39. The van der Waals surface area contributed by atoms with Crippen LogP contribution < -0.4 is 16.4 Å². The molecule has 3 heterocycles. The number of benzene rings is 1. The van der Waals surface area contributed by atoms with E-state index in [1.807, 2.05) is 0 Å². The number of carbonyl (C=O) groups is 5. The number of imide groups is 1. The first kappa shape index (κ1) is 19.2. The number of fused-ring (bicyclic) bond motifs is 1. The van der Waals surface area contributed by atoms with Crippen molar-refractivity contribution in [3.05, 3.63) is 41.2 Å². The second-order valence-electron chi connectivity index (χ2n) is 6.95. The number of nitrogens with two attached hydrogens (primary N) is 1. The summed E-state index contributed by atoms with van der Waals surface area (Å²) in [4.78, 5) is 61.2. The molecule has 154 valence electrons. The van der Waals surface area contributed by atoms with Gasteiger partial charge in [0.25, 0.3) is 11.8 Å². The molecule has 2 aliphatic rings. The van der Waals surface area contributed by atoms with Gasteiger partial charge in [0, 0.05) is 29.8 Å². The van der Waals surface area contributed by atoms with E-state index < -0.39 is 23.8 Å². The Bertz CT molecular complexity index is 1090. The van der Waals surface area contributed by atoms with Crippen molar-refractivity contribution in [2.75, 3.05) is 5.32 Å². The molecular weight excluding hydrogens is 394 g/mol. The number of anilines is 1. The van der Waals surface area contributed by atoms with Crippen LogP contribution in [-0.4, -0.2) is 55.5 Å². The zero-order valence-electron chi connectivity index (χ0n) is 15.6. The number of hydrogen-bond acceptors (Lipinski definition) is 7. The normalized spacial score (nSPS) is 18.2. The van der Waals surface area contributed by atoms with E-state index in [-0.39, 0.29) is 43.4 Å². The maximum absolute atomic E-state index is 12.8. The fourth-order valence-electron chi connectivity index (χ4n) is 3.53. The lowest BCUT2D eigenvalue weighted by Crippen LogP contribution is -2.52. The SMILES string of the molecule is NC(=O)c1cn(CC(=O)Nc2cccc3c2CN(C2CCC(=O)NC2=O)C3=O)nn1. The van der Waals surface area contributed by atoms with Gasteiger partial charge >= 0.3 is 0 Å². The van der Waals surface area contributed by atoms with Crippen LogP contribution in [0, 0.1) is 0 Å². The molecule has 5 amide bonds. The van der Waals surface area contributed by atoms with E-state index >= 15 is 0 Å². The number of nitrogens with one attached hydrogen (secondary N) is 2. The smallest absolute Gasteiger partial charge is 0.270 e. The highest BCUT2D eigenvalue weighted by Gasteiger charge is 2.39. The van der Waals surface area contributed by atoms with Gasteiger partial charge in [0.1, 0.15) is 12.6 Å². The van der Waals surface area contributed by atoms with Crippen LogP contribution in [0.5, 0.6) is 0 Å². The standard InChI is InChI=1S/C18H17N7O5/c19-16(28)12-7-24(23-22-12)8-15(27)20-11-3-1-2-9-10(11)6-25(18(9)30)13-4-5-14(26)21-17(13)29/h1-3,7,13H,4-6,8H2,(H2,19,28)(H,20,27)(H,21,26,29). The molecule has 1 fully saturated rings. The third kappa shape index (κ3) is 3.50. The predicted octanol–water partition coefficient (Wildman–Crippen LogP) is -1.22. The fourth-order valence-corrected chi connectivity index (χ4v) is 3.53. The molecule has 4 N–H and O–H groups in total. The number of nitrogens with zero attached hydrogens (tertiary/aromatic N) is 4. The minimum Gasteiger partial charge on any atom is -0.364 e. The fraction of sp³-hybridized carbons (Fsp3) is 0.278. The number of aromatic nitrogens is 3. The summed E-state index contributed by atoms with van der Waals surface area (Å²) in [6, 6.07) is 4.15. The molecule has 4 rings (SSSR count). The second-order valence-corrected chi connectivity index (χ2v) is 6.95. The molecule has 12 heteroatoms. The van der Waals surface area contributed by atoms with E-state index in [1.165, 1.54) is 15.8 Å². The summed E-state index contributed by atoms with van der Waals surface area (Å²) in [6.45, 7) is -0.0825. The van der Waals surface area contributed by atoms with Crippen LogP contribution in [0.25, 0.3) is 0 Å². The van der Waals surface area contributed by atoms with Crippen LogP contribution >= 0.6 is 0 Å². The Labute approximate surface area is 169 Å². The average Bonchev–Trinajstić information content (AvgIpc) is 3.28. The van der Waals surface area contributed by atoms with Crippen molar-refractivity contribution in [3.63, 3.8) is 0 Å². The van der Waals surface area contributed by atoms with Crippen molar-refractivity contribution < 1.29 is 24.0 Å². The van der Waals surface area contributed by atoms with Gasteiger partial charge in [-0.25, -0.2) is 4.68 Å². The summed E-state index contributed by atoms with van der Waals surface area (Å²) in [7, 11) is 0. The Morgan fingerprint density at radius 2 is 2.07 bits per heavy atom. The van der Waals surface area contributed by atoms with Crippen molar-refractivity contribution >= 4 is 35.2 Å². The molecule has 2 aromatic rings. The van der Waals surface area contributed by atoms with E-state index in [9.17, 15) is 24.0 Å². The van der Waals surface area contributed by atoms with Crippen molar-refractivity contribution in [1.29, 1.82) is 0 Å². The quantitative estimate of drug-likeness (QED) is 0.518. The number of carbonyl (C=O) groups excluding carboxylic acids is 5. The summed E-state index contributed by atoms with van der Waals surface area (Å²) >= 11 is 0. The Hall–Kier alpha value is -4.09. The molecule has 0 aliphatic carbocycles. The Morgan fingerprint density at radius 1 is 1.27 bits per heavy atom. The van der Waals surface area contributed by atoms with Gasteiger partial charge in [0.2, 0.25) is 17.7 Å². The van der Waals surface area contributed by atoms with Crippen molar-refractivity contribution in [3.8, 4) is 0 Å². The average molecular weight is 411 g/mol. The predicted molar refractivity (Wildman–Crippen MR) is 99.7 cm³/mol. The van der Waals surface area contributed by atoms with Gasteiger partial charge in [-0.05, 0) is 18.6 Å². The highest BCUT2D eigenvalue weighted by Crippen LogP contribution is 2.32. The Morgan fingerprint density at radius 3 is 2.77 bits per heavy atom. The van der Waals surface area contributed by atoms with Gasteiger partial charge < -0.3 is 16.0 Å². The molecule has 1 saturated heterocycles. The van der Waals surface area contributed by atoms with Crippen LogP contribution in [0.1, 0.15) is 39.3 Å². The van der Waals surface area contributed by atoms with E-state index in [0.29, 0.717) is 16.8 Å². The Kier molecular flexibility index (Phi) is 4.74. The zero-order valence-corrected chi connectivity index (χ0v) is 15.6. The van der Waals surface area contributed by atoms with E-state index in [1.54, 1.807) is 18.2 Å². The van der Waals surface area contributed by atoms with Crippen molar-refractivity contribution in [2.45, 2.75) is 32.0 Å². The summed E-state index contributed by atoms with van der Waals surface area (Å²) < 4.78 is 1.17. The summed E-state index contributed by atoms with van der Waals surface area (Å²) in [5, 5.41) is 12.2. The maximum Gasteiger partial charge on any atom is 0.270 e. The van der Waals surface area contributed by atoms with Gasteiger partial charge in [-0.15, -0.1) is 5.10 Å². The summed E-state index contributed by atoms with van der Waals surface area (Å²) in [5.41, 5.74) is 6.44. The minimum atomic E-state index is -0.755. The molecular formula is C18H17N7O5. The maximum atomic E-state index is 12.8. The molecule has 1 aromatic carbocycles. The highest BCUT2D eigenvalue weighted by molar-refractivity contribution is 6.06. The first-order valence-corrected chi connectivity index (χ1v) is 9.10. The molecule has 1 unspecified atom stereocenters. The molecule has 12 nitrogen and oxygen atoms in total. The lowest BCUT2D eigenvalue weighted by molar-refractivity contribution is -0.137. The number of rotatable bonds is 5. The number of amides is 5. The van der Waals surface area contributed by atoms with E-state index in [0.717, 1.165) is 0 Å². The van der Waals surface area contributed by atoms with E-state index in [4.69, 9.17) is 5.73 Å². The number of primary amides is 1. The summed E-state index contributed by atoms with van der Waals surface area (Å²) in [5.74, 6) is -2.40. The van der Waals surface area contributed by atoms with Gasteiger partial charge in [0.05, 0.1) is 6.20 Å². The largest absolute Gasteiger partial charge is 0.364 e. The molecule has 1 atom stereocenters. The topological polar surface area (TPSA) is 169 Å². The van der Waals surface area contributed by atoms with Crippen LogP contribution in [0.3, 0.4) is 0 Å². The van der Waals surface area contributed by atoms with Crippen LogP contribution in [-0.2, 0) is 27.5 Å². The van der Waals surface area contributed by atoms with Crippen molar-refractivity contribution in [2.24, 2.45) is 5.73 Å². The lowest BCUT2D eigenvalue weighted by atomic mass is 10.0. The molecule has 1 aromatic heterocycles. The molecule has 0 bridgehead atoms. The molecule has 2 aliphatic heterocycles. The molecule has 30 heavy (non-hydrogen) atoms. The van der Waals surface area contributed by atoms with E-state index in [2.05, 4.69) is 20.9 Å². The number of piperidine rings is 1. The zero-order chi connectivity index (χ0) is 21.4. The van der Waals surface area contributed by atoms with Gasteiger partial charge in [0.15, 0.2) is 5.69 Å². The van der Waals surface area contributed by atoms with Gasteiger partial charge in [-0.3, -0.25) is 29.3 Å². The first-order valence-electron chi connectivity index (χ1n) is 9.10. The molecule has 0 radical (unpaired) electrons. The highest BCUT2D eigenvalue weighted by atomic mass is 16.2. The third-order valence-corrected chi connectivity index (χ3v) is 4.95. The monoisotopic (exact) mass is 411 g/mol.